The molecule has 1 aromatic carbocycles. The predicted molar refractivity (Wildman–Crippen MR) is 99.4 cm³/mol. The van der Waals surface area contributed by atoms with Crippen molar-refractivity contribution in [2.45, 2.75) is 30.8 Å². The lowest BCUT2D eigenvalue weighted by Gasteiger charge is -2.12. The van der Waals surface area contributed by atoms with Gasteiger partial charge in [0.25, 0.3) is 5.56 Å². The highest BCUT2D eigenvalue weighted by Gasteiger charge is 2.23. The van der Waals surface area contributed by atoms with E-state index in [9.17, 15) is 19.6 Å². The number of amides is 1. The first-order valence-corrected chi connectivity index (χ1v) is 9.20. The third kappa shape index (κ3) is 3.64. The van der Waals surface area contributed by atoms with E-state index in [1.54, 1.807) is 24.3 Å². The maximum Gasteiger partial charge on any atom is 0.331 e. The minimum absolute atomic E-state index is 0.0788. The van der Waals surface area contributed by atoms with Crippen LogP contribution >= 0.6 is 11.8 Å². The molecule has 2 aromatic rings. The van der Waals surface area contributed by atoms with Gasteiger partial charge in [0.05, 0.1) is 17.5 Å². The standard InChI is InChI=1S/C18H15N5O3S/c19-7-9-27-15-6-2-1-4-13(15)21-16(24)11-23-17(25)12(10-20)14-5-3-8-22(14)18(23)26/h1-2,4,6H,3,5,8-9,11H2,(H,21,24). The lowest BCUT2D eigenvalue weighted by atomic mass is 10.2. The van der Waals surface area contributed by atoms with E-state index in [-0.39, 0.29) is 11.3 Å². The molecule has 0 fully saturated rings. The van der Waals surface area contributed by atoms with E-state index in [1.807, 2.05) is 12.1 Å². The Labute approximate surface area is 158 Å². The minimum Gasteiger partial charge on any atom is -0.324 e. The fraction of sp³-hybridized carbons (Fsp3) is 0.278. The van der Waals surface area contributed by atoms with Crippen LogP contribution in [0.1, 0.15) is 17.7 Å². The van der Waals surface area contributed by atoms with E-state index >= 15 is 0 Å². The fourth-order valence-corrected chi connectivity index (χ4v) is 3.70. The number of anilines is 1. The number of nitriles is 2. The highest BCUT2D eigenvalue weighted by atomic mass is 32.2. The van der Waals surface area contributed by atoms with Gasteiger partial charge in [-0.25, -0.2) is 9.36 Å². The van der Waals surface area contributed by atoms with Crippen LogP contribution in [-0.4, -0.2) is 20.8 Å². The van der Waals surface area contributed by atoms with Gasteiger partial charge in [0.2, 0.25) is 5.91 Å². The van der Waals surface area contributed by atoms with Crippen LogP contribution in [0.3, 0.4) is 0 Å². The van der Waals surface area contributed by atoms with Crippen molar-refractivity contribution in [3.05, 3.63) is 56.4 Å². The van der Waals surface area contributed by atoms with Crippen molar-refractivity contribution in [1.82, 2.24) is 9.13 Å². The molecule has 0 radical (unpaired) electrons. The summed E-state index contributed by atoms with van der Waals surface area (Å²) in [6.07, 6.45) is 1.19. The average Bonchev–Trinajstić information content (AvgIpc) is 3.14. The summed E-state index contributed by atoms with van der Waals surface area (Å²) in [6.45, 7) is -0.0533. The number of hydrogen-bond acceptors (Lipinski definition) is 6. The molecule has 1 aliphatic rings. The molecule has 27 heavy (non-hydrogen) atoms. The van der Waals surface area contributed by atoms with Crippen molar-refractivity contribution in [1.29, 1.82) is 10.5 Å². The molecule has 0 spiro atoms. The summed E-state index contributed by atoms with van der Waals surface area (Å²) in [4.78, 5) is 38.2. The van der Waals surface area contributed by atoms with Crippen molar-refractivity contribution < 1.29 is 4.79 Å². The topological polar surface area (TPSA) is 121 Å². The smallest absolute Gasteiger partial charge is 0.324 e. The summed E-state index contributed by atoms with van der Waals surface area (Å²) in [5, 5.41) is 20.7. The van der Waals surface area contributed by atoms with Crippen LogP contribution in [0.25, 0.3) is 0 Å². The Bertz CT molecular complexity index is 1100. The number of carbonyl (C=O) groups excluding carboxylic acids is 1. The molecule has 0 unspecified atom stereocenters. The number of thioether (sulfide) groups is 1. The molecule has 3 rings (SSSR count). The molecular weight excluding hydrogens is 366 g/mol. The first-order valence-electron chi connectivity index (χ1n) is 8.22. The molecular formula is C18H15N5O3S. The van der Waals surface area contributed by atoms with Crippen LogP contribution in [0.2, 0.25) is 0 Å². The first-order chi connectivity index (χ1) is 13.1. The van der Waals surface area contributed by atoms with Crippen molar-refractivity contribution >= 4 is 23.4 Å². The van der Waals surface area contributed by atoms with E-state index in [2.05, 4.69) is 5.32 Å². The van der Waals surface area contributed by atoms with Gasteiger partial charge in [-0.05, 0) is 25.0 Å². The molecule has 0 bridgehead atoms. The maximum atomic E-state index is 12.5. The number of rotatable bonds is 5. The Morgan fingerprint density at radius 2 is 2.04 bits per heavy atom. The Morgan fingerprint density at radius 3 is 2.78 bits per heavy atom. The molecule has 1 N–H and O–H groups in total. The SMILES string of the molecule is N#CCSc1ccccc1NC(=O)Cn1c(=O)c(C#N)c2n(c1=O)CCC2. The Kier molecular flexibility index (Phi) is 5.43. The molecule has 0 saturated heterocycles. The van der Waals surface area contributed by atoms with E-state index in [0.29, 0.717) is 35.7 Å². The van der Waals surface area contributed by atoms with Gasteiger partial charge in [-0.15, -0.1) is 11.8 Å². The van der Waals surface area contributed by atoms with Crippen molar-refractivity contribution in [2.75, 3.05) is 11.1 Å². The van der Waals surface area contributed by atoms with E-state index in [4.69, 9.17) is 5.26 Å². The summed E-state index contributed by atoms with van der Waals surface area (Å²) in [7, 11) is 0. The van der Waals surface area contributed by atoms with Crippen LogP contribution in [0.15, 0.2) is 38.8 Å². The summed E-state index contributed by atoms with van der Waals surface area (Å²) in [5.41, 5.74) is -0.448. The van der Waals surface area contributed by atoms with Gasteiger partial charge < -0.3 is 5.32 Å². The number of nitrogens with one attached hydrogen (secondary N) is 1. The Hall–Kier alpha value is -3.30. The number of fused-ring (bicyclic) bond motifs is 1. The number of aromatic nitrogens is 2. The number of nitrogens with zero attached hydrogens (tertiary/aromatic N) is 4. The summed E-state index contributed by atoms with van der Waals surface area (Å²) < 4.78 is 2.19. The average molecular weight is 381 g/mol. The molecule has 1 aromatic heterocycles. The van der Waals surface area contributed by atoms with E-state index in [1.165, 1.54) is 16.3 Å². The number of para-hydroxylation sites is 1. The Morgan fingerprint density at radius 1 is 1.26 bits per heavy atom. The second kappa shape index (κ2) is 7.94. The predicted octanol–water partition coefficient (Wildman–Crippen LogP) is 1.08. The van der Waals surface area contributed by atoms with Crippen LogP contribution in [0, 0.1) is 22.7 Å². The van der Waals surface area contributed by atoms with Gasteiger partial charge in [-0.2, -0.15) is 10.5 Å². The molecule has 2 heterocycles. The Balaban J connectivity index is 1.89. The van der Waals surface area contributed by atoms with Gasteiger partial charge >= 0.3 is 5.69 Å². The lowest BCUT2D eigenvalue weighted by Crippen LogP contribution is -2.44. The van der Waals surface area contributed by atoms with Crippen LogP contribution in [0.5, 0.6) is 0 Å². The van der Waals surface area contributed by atoms with Gasteiger partial charge in [0, 0.05) is 17.1 Å². The molecule has 1 aliphatic heterocycles. The van der Waals surface area contributed by atoms with Gasteiger partial charge in [0.15, 0.2) is 0 Å². The molecule has 8 nitrogen and oxygen atoms in total. The minimum atomic E-state index is -0.738. The zero-order valence-corrected chi connectivity index (χ0v) is 15.1. The van der Waals surface area contributed by atoms with E-state index in [0.717, 1.165) is 4.57 Å². The number of carbonyl (C=O) groups is 1. The zero-order valence-electron chi connectivity index (χ0n) is 14.3. The fourth-order valence-electron chi connectivity index (χ4n) is 3.03. The highest BCUT2D eigenvalue weighted by Crippen LogP contribution is 2.26. The van der Waals surface area contributed by atoms with Gasteiger partial charge in [-0.3, -0.25) is 14.2 Å². The molecule has 9 heteroatoms. The second-order valence-corrected chi connectivity index (χ2v) is 6.87. The van der Waals surface area contributed by atoms with Crippen LogP contribution in [0.4, 0.5) is 5.69 Å². The molecule has 0 saturated carbocycles. The summed E-state index contributed by atoms with van der Waals surface area (Å²) in [6, 6.07) is 10.8. The van der Waals surface area contributed by atoms with Gasteiger partial charge in [-0.1, -0.05) is 12.1 Å². The van der Waals surface area contributed by atoms with Crippen LogP contribution < -0.4 is 16.6 Å². The maximum absolute atomic E-state index is 12.5. The summed E-state index contributed by atoms with van der Waals surface area (Å²) in [5.74, 6) is -0.328. The highest BCUT2D eigenvalue weighted by molar-refractivity contribution is 7.99. The summed E-state index contributed by atoms with van der Waals surface area (Å²) >= 11 is 1.27. The third-order valence-electron chi connectivity index (χ3n) is 4.20. The van der Waals surface area contributed by atoms with Crippen molar-refractivity contribution in [2.24, 2.45) is 0 Å². The van der Waals surface area contributed by atoms with Gasteiger partial charge in [0.1, 0.15) is 18.2 Å². The number of hydrogen-bond donors (Lipinski definition) is 1. The third-order valence-corrected chi connectivity index (χ3v) is 5.14. The second-order valence-electron chi connectivity index (χ2n) is 5.85. The zero-order chi connectivity index (χ0) is 19.4. The molecule has 0 atom stereocenters. The molecule has 136 valence electrons. The van der Waals surface area contributed by atoms with E-state index < -0.39 is 23.7 Å². The quantitative estimate of drug-likeness (QED) is 0.774. The number of benzene rings is 1. The van der Waals surface area contributed by atoms with Crippen LogP contribution in [-0.2, 0) is 24.3 Å². The van der Waals surface area contributed by atoms with Crippen molar-refractivity contribution in [3.8, 4) is 12.1 Å². The lowest BCUT2D eigenvalue weighted by molar-refractivity contribution is -0.116. The molecule has 1 amide bonds. The van der Waals surface area contributed by atoms with Crippen molar-refractivity contribution in [3.63, 3.8) is 0 Å². The first kappa shape index (κ1) is 18.5. The monoisotopic (exact) mass is 381 g/mol. The largest absolute Gasteiger partial charge is 0.331 e. The molecule has 0 aliphatic carbocycles. The normalized spacial score (nSPS) is 12.1.